The summed E-state index contributed by atoms with van der Waals surface area (Å²) in [6.07, 6.45) is 6.93. The molecule has 0 atom stereocenters. The van der Waals surface area contributed by atoms with Gasteiger partial charge < -0.3 is 4.84 Å². The summed E-state index contributed by atoms with van der Waals surface area (Å²) in [7, 11) is 0. The highest BCUT2D eigenvalue weighted by Gasteiger charge is 2.07. The number of benzene rings is 5. The lowest BCUT2D eigenvalue weighted by atomic mass is 10.0. The molecule has 0 saturated carbocycles. The monoisotopic (exact) mass is 630 g/mol. The van der Waals surface area contributed by atoms with Gasteiger partial charge in [-0.05, 0) is 89.8 Å². The summed E-state index contributed by atoms with van der Waals surface area (Å²) in [4.78, 5) is 18.7. The zero-order valence-electron chi connectivity index (χ0n) is 26.2. The van der Waals surface area contributed by atoms with Gasteiger partial charge in [0, 0.05) is 22.5 Å². The standard InChI is InChI=1S/C18H12N2.C15H13N.C4H5NO.C4H4S/c1-2-7-13(8-3-1)14-9-6-12-17-18(14)20-16-11-5-4-10-15(16)19-17;1-10-7-8-15-13(11(10)2)9-12-5-3-4-6-14(12)16-15;1-2-4-6-5-3-1;1-2-4-5-3-1/h1-12H;3-9H,1-2H3;1-5H;1-4H. The average Bonchev–Trinajstić information content (AvgIpc) is 3.74. The normalized spacial score (nSPS) is 11.4. The number of aryl methyl sites for hydroxylation is 2. The molecular weight excluding hydrogens is 597 g/mol. The van der Waals surface area contributed by atoms with Gasteiger partial charge in [-0.1, -0.05) is 91.0 Å². The lowest BCUT2D eigenvalue weighted by molar-refractivity contribution is 0.172. The molecule has 0 spiro atoms. The predicted molar refractivity (Wildman–Crippen MR) is 198 cm³/mol. The quantitative estimate of drug-likeness (QED) is 0.183. The minimum Gasteiger partial charge on any atom is -0.391 e. The fourth-order valence-electron chi connectivity index (χ4n) is 5.08. The van der Waals surface area contributed by atoms with Gasteiger partial charge in [0.15, 0.2) is 0 Å². The number of pyridine rings is 1. The van der Waals surface area contributed by atoms with Crippen LogP contribution in [0.3, 0.4) is 0 Å². The van der Waals surface area contributed by atoms with Crippen LogP contribution in [0.15, 0.2) is 163 Å². The molecule has 6 heteroatoms. The molecule has 5 aromatic carbocycles. The maximum Gasteiger partial charge on any atom is 0.119 e. The molecule has 0 unspecified atom stereocenters. The average molecular weight is 631 g/mol. The Kier molecular flexibility index (Phi) is 10.2. The van der Waals surface area contributed by atoms with Crippen LogP contribution >= 0.6 is 11.3 Å². The molecule has 1 aliphatic rings. The first kappa shape index (κ1) is 31.1. The minimum atomic E-state index is 0.934. The van der Waals surface area contributed by atoms with E-state index in [-0.39, 0.29) is 0 Å². The molecule has 0 amide bonds. The minimum absolute atomic E-state index is 0.934. The van der Waals surface area contributed by atoms with E-state index in [2.05, 4.69) is 83.7 Å². The van der Waals surface area contributed by atoms with Crippen molar-refractivity contribution >= 4 is 55.2 Å². The molecular formula is C41H34N4OS. The lowest BCUT2D eigenvalue weighted by Gasteiger charge is -2.07. The number of hydrogen-bond acceptors (Lipinski definition) is 6. The molecule has 4 heterocycles. The smallest absolute Gasteiger partial charge is 0.119 e. The summed E-state index contributed by atoms with van der Waals surface area (Å²) in [5.41, 5.74) is 13.4. The highest BCUT2D eigenvalue weighted by Crippen LogP contribution is 2.28. The first-order chi connectivity index (χ1) is 23.2. The van der Waals surface area contributed by atoms with Crippen molar-refractivity contribution in [2.24, 2.45) is 0 Å². The van der Waals surface area contributed by atoms with E-state index in [1.165, 1.54) is 27.5 Å². The largest absolute Gasteiger partial charge is 0.391 e. The summed E-state index contributed by atoms with van der Waals surface area (Å²) < 4.78 is 0. The van der Waals surface area contributed by atoms with Crippen LogP contribution in [0.2, 0.25) is 0 Å². The first-order valence-corrected chi connectivity index (χ1v) is 16.3. The number of aromatic nitrogens is 3. The van der Waals surface area contributed by atoms with Crippen molar-refractivity contribution in [2.45, 2.75) is 13.8 Å². The van der Waals surface area contributed by atoms with Crippen molar-refractivity contribution in [3.8, 4) is 11.1 Å². The van der Waals surface area contributed by atoms with E-state index in [4.69, 9.17) is 9.97 Å². The Morgan fingerprint density at radius 3 is 1.91 bits per heavy atom. The summed E-state index contributed by atoms with van der Waals surface area (Å²) in [5.74, 6) is 0. The van der Waals surface area contributed by atoms with Crippen molar-refractivity contribution in [1.82, 2.24) is 20.4 Å². The van der Waals surface area contributed by atoms with Crippen LogP contribution in [-0.4, -0.2) is 15.0 Å². The lowest BCUT2D eigenvalue weighted by Crippen LogP contribution is -2.01. The fraction of sp³-hybridized carbons (Fsp3) is 0.0488. The summed E-state index contributed by atoms with van der Waals surface area (Å²) in [6.45, 7) is 4.30. The number of para-hydroxylation sites is 4. The van der Waals surface area contributed by atoms with E-state index in [0.29, 0.717) is 0 Å². The van der Waals surface area contributed by atoms with E-state index in [1.54, 1.807) is 29.9 Å². The topological polar surface area (TPSA) is 59.9 Å². The zero-order valence-corrected chi connectivity index (χ0v) is 27.1. The van der Waals surface area contributed by atoms with Crippen LogP contribution in [0.25, 0.3) is 55.0 Å². The Labute approximate surface area is 278 Å². The molecule has 5 nitrogen and oxygen atoms in total. The maximum atomic E-state index is 4.79. The molecule has 0 fully saturated rings. The Bertz CT molecular complexity index is 2250. The Hall–Kier alpha value is -5.85. The van der Waals surface area contributed by atoms with Gasteiger partial charge in [0.05, 0.1) is 33.1 Å². The predicted octanol–water partition coefficient (Wildman–Crippen LogP) is 10.8. The van der Waals surface area contributed by atoms with Gasteiger partial charge in [-0.2, -0.15) is 11.3 Å². The molecule has 1 N–H and O–H groups in total. The molecule has 8 aromatic rings. The van der Waals surface area contributed by atoms with Gasteiger partial charge in [0.2, 0.25) is 0 Å². The number of allylic oxidation sites excluding steroid dienone is 2. The Morgan fingerprint density at radius 2 is 1.26 bits per heavy atom. The van der Waals surface area contributed by atoms with Gasteiger partial charge in [-0.15, -0.1) is 0 Å². The number of rotatable bonds is 1. The van der Waals surface area contributed by atoms with Crippen LogP contribution in [0.1, 0.15) is 11.1 Å². The van der Waals surface area contributed by atoms with E-state index >= 15 is 0 Å². The van der Waals surface area contributed by atoms with Crippen LogP contribution in [0.5, 0.6) is 0 Å². The number of hydroxylamine groups is 1. The highest BCUT2D eigenvalue weighted by molar-refractivity contribution is 7.07. The Balaban J connectivity index is 0.000000126. The second-order valence-electron chi connectivity index (χ2n) is 10.7. The molecule has 0 aliphatic carbocycles. The fourth-order valence-corrected chi connectivity index (χ4v) is 5.53. The number of fused-ring (bicyclic) bond motifs is 4. The summed E-state index contributed by atoms with van der Waals surface area (Å²) in [5, 5.41) is 6.56. The number of hydrogen-bond donors (Lipinski definition) is 1. The zero-order chi connectivity index (χ0) is 32.3. The SMILES string of the molecule is C1=CNOC=C1.Cc1ccc2nc3ccccc3cc2c1C.c1ccc(-c2cccc3nc4ccccc4nc23)cc1.c1ccsc1. The van der Waals surface area contributed by atoms with E-state index in [1.807, 2.05) is 89.6 Å². The third kappa shape index (κ3) is 7.87. The molecule has 3 aromatic heterocycles. The van der Waals surface area contributed by atoms with Gasteiger partial charge in [0.1, 0.15) is 6.26 Å². The third-order valence-corrected chi connectivity index (χ3v) is 8.24. The third-order valence-electron chi connectivity index (χ3n) is 7.61. The van der Waals surface area contributed by atoms with E-state index in [9.17, 15) is 0 Å². The second kappa shape index (κ2) is 15.4. The van der Waals surface area contributed by atoms with Crippen molar-refractivity contribution in [3.05, 3.63) is 174 Å². The number of nitrogens with one attached hydrogen (secondary N) is 1. The molecule has 0 saturated heterocycles. The van der Waals surface area contributed by atoms with E-state index in [0.717, 1.165) is 38.7 Å². The van der Waals surface area contributed by atoms with Crippen LogP contribution < -0.4 is 5.48 Å². The number of nitrogens with zero attached hydrogens (tertiary/aromatic N) is 3. The highest BCUT2D eigenvalue weighted by atomic mass is 32.1. The molecule has 9 rings (SSSR count). The van der Waals surface area contributed by atoms with Gasteiger partial charge >= 0.3 is 0 Å². The molecule has 47 heavy (non-hydrogen) atoms. The van der Waals surface area contributed by atoms with E-state index < -0.39 is 0 Å². The Morgan fingerprint density at radius 1 is 0.574 bits per heavy atom. The second-order valence-corrected chi connectivity index (χ2v) is 11.5. The van der Waals surface area contributed by atoms with Crippen molar-refractivity contribution in [2.75, 3.05) is 0 Å². The molecule has 0 radical (unpaired) electrons. The summed E-state index contributed by atoms with van der Waals surface area (Å²) in [6, 6.07) is 43.2. The first-order valence-electron chi connectivity index (χ1n) is 15.3. The van der Waals surface area contributed by atoms with Gasteiger partial charge in [0.25, 0.3) is 0 Å². The van der Waals surface area contributed by atoms with Crippen molar-refractivity contribution in [1.29, 1.82) is 0 Å². The summed E-state index contributed by atoms with van der Waals surface area (Å²) >= 11 is 1.71. The van der Waals surface area contributed by atoms with Gasteiger partial charge in [-0.3, -0.25) is 0 Å². The molecule has 230 valence electrons. The molecule has 0 bridgehead atoms. The van der Waals surface area contributed by atoms with Crippen LogP contribution in [-0.2, 0) is 4.84 Å². The van der Waals surface area contributed by atoms with Crippen molar-refractivity contribution < 1.29 is 4.84 Å². The van der Waals surface area contributed by atoms with Gasteiger partial charge in [-0.25, -0.2) is 20.4 Å². The molecule has 1 aliphatic heterocycles. The number of thiophene rings is 1. The van der Waals surface area contributed by atoms with Crippen LogP contribution in [0, 0.1) is 13.8 Å². The maximum absolute atomic E-state index is 4.79. The van der Waals surface area contributed by atoms with Crippen molar-refractivity contribution in [3.63, 3.8) is 0 Å². The van der Waals surface area contributed by atoms with Crippen LogP contribution in [0.4, 0.5) is 0 Å².